The van der Waals surface area contributed by atoms with Crippen molar-refractivity contribution in [3.8, 4) is 11.5 Å². The highest BCUT2D eigenvalue weighted by molar-refractivity contribution is 5.82. The van der Waals surface area contributed by atoms with Crippen molar-refractivity contribution < 1.29 is 14.3 Å². The van der Waals surface area contributed by atoms with Gasteiger partial charge in [-0.25, -0.2) is 0 Å². The smallest absolute Gasteiger partial charge is 0.264 e. The maximum Gasteiger partial charge on any atom is 0.264 e. The number of nitrogens with zero attached hydrogens (tertiary/aromatic N) is 1. The zero-order valence-electron chi connectivity index (χ0n) is 15.0. The molecule has 0 N–H and O–H groups in total. The van der Waals surface area contributed by atoms with Gasteiger partial charge in [-0.15, -0.1) is 0 Å². The van der Waals surface area contributed by atoms with Crippen molar-refractivity contribution >= 4 is 5.91 Å². The Morgan fingerprint density at radius 1 is 1.04 bits per heavy atom. The molecule has 1 amide bonds. The highest BCUT2D eigenvalue weighted by Gasteiger charge is 2.38. The standard InChI is InChI=1S/C21H25NO3/c1-15(2)20(25-18-11-7-8-16(3)12-18)21(23)22-13-19(14-22)24-17-9-5-4-6-10-17/h4-12,15,19-20H,13-14H2,1-3H3/t20-/m0/s1. The van der Waals surface area contributed by atoms with Crippen LogP contribution in [0, 0.1) is 12.8 Å². The average Bonchev–Trinajstić information content (AvgIpc) is 2.56. The van der Waals surface area contributed by atoms with Gasteiger partial charge in [0.15, 0.2) is 6.10 Å². The summed E-state index contributed by atoms with van der Waals surface area (Å²) >= 11 is 0. The Balaban J connectivity index is 1.57. The minimum Gasteiger partial charge on any atom is -0.487 e. The molecule has 1 fully saturated rings. The zero-order chi connectivity index (χ0) is 17.8. The molecule has 1 atom stereocenters. The second-order valence-electron chi connectivity index (χ2n) is 6.90. The fourth-order valence-corrected chi connectivity index (χ4v) is 2.87. The number of hydrogen-bond acceptors (Lipinski definition) is 3. The summed E-state index contributed by atoms with van der Waals surface area (Å²) in [5, 5.41) is 0. The molecule has 25 heavy (non-hydrogen) atoms. The maximum atomic E-state index is 12.8. The van der Waals surface area contributed by atoms with Crippen molar-refractivity contribution in [3.63, 3.8) is 0 Å². The molecule has 4 nitrogen and oxygen atoms in total. The molecular formula is C21H25NO3. The van der Waals surface area contributed by atoms with Crippen molar-refractivity contribution in [1.29, 1.82) is 0 Å². The molecule has 0 spiro atoms. The number of benzene rings is 2. The van der Waals surface area contributed by atoms with Gasteiger partial charge in [0.1, 0.15) is 17.6 Å². The van der Waals surface area contributed by atoms with E-state index in [9.17, 15) is 4.79 Å². The van der Waals surface area contributed by atoms with Crippen LogP contribution in [-0.4, -0.2) is 36.1 Å². The molecule has 0 aromatic heterocycles. The first-order valence-electron chi connectivity index (χ1n) is 8.77. The predicted molar refractivity (Wildman–Crippen MR) is 97.9 cm³/mol. The van der Waals surface area contributed by atoms with E-state index < -0.39 is 6.10 Å². The lowest BCUT2D eigenvalue weighted by atomic mass is 10.0. The van der Waals surface area contributed by atoms with Crippen LogP contribution in [0.15, 0.2) is 54.6 Å². The molecule has 2 aromatic rings. The number of para-hydroxylation sites is 1. The van der Waals surface area contributed by atoms with Gasteiger partial charge in [0, 0.05) is 0 Å². The van der Waals surface area contributed by atoms with Crippen molar-refractivity contribution in [1.82, 2.24) is 4.90 Å². The van der Waals surface area contributed by atoms with Gasteiger partial charge in [-0.2, -0.15) is 0 Å². The lowest BCUT2D eigenvalue weighted by Gasteiger charge is -2.41. The number of aryl methyl sites for hydroxylation is 1. The van der Waals surface area contributed by atoms with Gasteiger partial charge in [0.2, 0.25) is 0 Å². The van der Waals surface area contributed by atoms with Crippen LogP contribution in [0.25, 0.3) is 0 Å². The first kappa shape index (κ1) is 17.3. The molecule has 0 unspecified atom stereocenters. The molecule has 1 aliphatic heterocycles. The molecule has 132 valence electrons. The molecule has 4 heteroatoms. The monoisotopic (exact) mass is 339 g/mol. The highest BCUT2D eigenvalue weighted by Crippen LogP contribution is 2.23. The number of carbonyl (C=O) groups excluding carboxylic acids is 1. The third-order valence-corrected chi connectivity index (χ3v) is 4.31. The van der Waals surface area contributed by atoms with E-state index in [0.29, 0.717) is 13.1 Å². The van der Waals surface area contributed by atoms with E-state index in [1.54, 1.807) is 0 Å². The normalized spacial score (nSPS) is 15.6. The van der Waals surface area contributed by atoms with Crippen molar-refractivity contribution in [3.05, 3.63) is 60.2 Å². The summed E-state index contributed by atoms with van der Waals surface area (Å²) in [6.45, 7) is 7.24. The molecule has 1 saturated heterocycles. The Morgan fingerprint density at radius 2 is 1.72 bits per heavy atom. The van der Waals surface area contributed by atoms with Crippen LogP contribution in [0.1, 0.15) is 19.4 Å². The summed E-state index contributed by atoms with van der Waals surface area (Å²) in [4.78, 5) is 14.6. The molecular weight excluding hydrogens is 314 g/mol. The van der Waals surface area contributed by atoms with E-state index in [1.165, 1.54) is 0 Å². The third-order valence-electron chi connectivity index (χ3n) is 4.31. The fourth-order valence-electron chi connectivity index (χ4n) is 2.87. The molecule has 1 heterocycles. The second-order valence-corrected chi connectivity index (χ2v) is 6.90. The first-order valence-corrected chi connectivity index (χ1v) is 8.77. The molecule has 3 rings (SSSR count). The predicted octanol–water partition coefficient (Wildman–Crippen LogP) is 3.69. The van der Waals surface area contributed by atoms with Crippen LogP contribution in [0.4, 0.5) is 0 Å². The quantitative estimate of drug-likeness (QED) is 0.806. The Hall–Kier alpha value is -2.49. The second kappa shape index (κ2) is 7.60. The first-order chi connectivity index (χ1) is 12.0. The van der Waals surface area contributed by atoms with E-state index in [-0.39, 0.29) is 17.9 Å². The number of likely N-dealkylation sites (tertiary alicyclic amines) is 1. The number of amides is 1. The summed E-state index contributed by atoms with van der Waals surface area (Å²) in [6, 6.07) is 17.5. The van der Waals surface area contributed by atoms with Crippen LogP contribution >= 0.6 is 0 Å². The molecule has 1 aliphatic rings. The Morgan fingerprint density at radius 3 is 2.36 bits per heavy atom. The summed E-state index contributed by atoms with van der Waals surface area (Å²) in [5.41, 5.74) is 1.12. The minimum absolute atomic E-state index is 0.0319. The van der Waals surface area contributed by atoms with Crippen molar-refractivity contribution in [2.75, 3.05) is 13.1 Å². The lowest BCUT2D eigenvalue weighted by Crippen LogP contribution is -2.60. The van der Waals surface area contributed by atoms with Crippen LogP contribution < -0.4 is 9.47 Å². The van der Waals surface area contributed by atoms with E-state index in [4.69, 9.17) is 9.47 Å². The summed E-state index contributed by atoms with van der Waals surface area (Å²) in [7, 11) is 0. The summed E-state index contributed by atoms with van der Waals surface area (Å²) < 4.78 is 11.9. The highest BCUT2D eigenvalue weighted by atomic mass is 16.5. The lowest BCUT2D eigenvalue weighted by molar-refractivity contribution is -0.149. The topological polar surface area (TPSA) is 38.8 Å². The van der Waals surface area contributed by atoms with Gasteiger partial charge >= 0.3 is 0 Å². The van der Waals surface area contributed by atoms with E-state index in [1.807, 2.05) is 80.3 Å². The van der Waals surface area contributed by atoms with Gasteiger partial charge in [0.25, 0.3) is 5.91 Å². The Labute approximate surface area is 149 Å². The third kappa shape index (κ3) is 4.32. The number of ether oxygens (including phenoxy) is 2. The average molecular weight is 339 g/mol. The molecule has 0 bridgehead atoms. The Kier molecular flexibility index (Phi) is 5.27. The molecule has 2 aromatic carbocycles. The van der Waals surface area contributed by atoms with Gasteiger partial charge < -0.3 is 14.4 Å². The van der Waals surface area contributed by atoms with Crippen LogP contribution in [0.2, 0.25) is 0 Å². The van der Waals surface area contributed by atoms with E-state index >= 15 is 0 Å². The fraction of sp³-hybridized carbons (Fsp3) is 0.381. The number of carbonyl (C=O) groups is 1. The van der Waals surface area contributed by atoms with Crippen molar-refractivity contribution in [2.45, 2.75) is 33.0 Å². The van der Waals surface area contributed by atoms with Crippen molar-refractivity contribution in [2.24, 2.45) is 5.92 Å². The van der Waals surface area contributed by atoms with E-state index in [2.05, 4.69) is 0 Å². The van der Waals surface area contributed by atoms with E-state index in [0.717, 1.165) is 17.1 Å². The minimum atomic E-state index is -0.473. The van der Waals surface area contributed by atoms with Gasteiger partial charge in [-0.1, -0.05) is 44.2 Å². The molecule has 0 saturated carbocycles. The number of rotatable bonds is 6. The van der Waals surface area contributed by atoms with Gasteiger partial charge in [0.05, 0.1) is 13.1 Å². The maximum absolute atomic E-state index is 12.8. The summed E-state index contributed by atoms with van der Waals surface area (Å²) in [6.07, 6.45) is -0.419. The van der Waals surface area contributed by atoms with Crippen LogP contribution in [-0.2, 0) is 4.79 Å². The van der Waals surface area contributed by atoms with Crippen LogP contribution in [0.3, 0.4) is 0 Å². The largest absolute Gasteiger partial charge is 0.487 e. The SMILES string of the molecule is Cc1cccc(O[C@H](C(=O)N2CC(Oc3ccccc3)C2)C(C)C)c1. The molecule has 0 aliphatic carbocycles. The molecule has 0 radical (unpaired) electrons. The number of hydrogen-bond donors (Lipinski definition) is 0. The van der Waals surface area contributed by atoms with Crippen LogP contribution in [0.5, 0.6) is 11.5 Å². The van der Waals surface area contributed by atoms with Gasteiger partial charge in [-0.3, -0.25) is 4.79 Å². The zero-order valence-corrected chi connectivity index (χ0v) is 15.0. The van der Waals surface area contributed by atoms with Gasteiger partial charge in [-0.05, 0) is 42.7 Å². The Bertz CT molecular complexity index is 708. The summed E-state index contributed by atoms with van der Waals surface area (Å²) in [5.74, 6) is 1.72.